The van der Waals surface area contributed by atoms with E-state index in [0.29, 0.717) is 25.3 Å². The van der Waals surface area contributed by atoms with Crippen molar-refractivity contribution in [3.8, 4) is 0 Å². The minimum Gasteiger partial charge on any atom is -0.467 e. The number of furan rings is 1. The fourth-order valence-corrected chi connectivity index (χ4v) is 4.62. The van der Waals surface area contributed by atoms with Crippen molar-refractivity contribution in [3.05, 3.63) is 95.7 Å². The summed E-state index contributed by atoms with van der Waals surface area (Å²) in [6.07, 6.45) is 3.93. The van der Waals surface area contributed by atoms with E-state index in [1.165, 1.54) is 12.1 Å². The van der Waals surface area contributed by atoms with Gasteiger partial charge in [-0.15, -0.1) is 0 Å². The summed E-state index contributed by atoms with van der Waals surface area (Å²) < 4.78 is 24.7. The maximum absolute atomic E-state index is 13.8. The second-order valence-corrected chi connectivity index (χ2v) is 9.18. The van der Waals surface area contributed by atoms with Gasteiger partial charge >= 0.3 is 0 Å². The monoisotopic (exact) mass is 492 g/mol. The lowest BCUT2D eigenvalue weighted by Gasteiger charge is -2.31. The van der Waals surface area contributed by atoms with Crippen molar-refractivity contribution in [1.82, 2.24) is 9.80 Å². The minimum atomic E-state index is -0.337. The number of carbonyl (C=O) groups excluding carboxylic acids is 2. The summed E-state index contributed by atoms with van der Waals surface area (Å²) in [7, 11) is 0. The molecule has 3 aromatic rings. The van der Waals surface area contributed by atoms with Crippen molar-refractivity contribution < 1.29 is 23.1 Å². The maximum atomic E-state index is 13.8. The molecule has 0 N–H and O–H groups in total. The number of amides is 2. The average molecular weight is 493 g/mol. The molecule has 1 aliphatic rings. The molecule has 4 rings (SSSR count). The number of halogens is 1. The van der Waals surface area contributed by atoms with E-state index in [4.69, 9.17) is 9.15 Å². The van der Waals surface area contributed by atoms with Crippen LogP contribution in [0.1, 0.15) is 49.0 Å². The van der Waals surface area contributed by atoms with Crippen LogP contribution in [0, 0.1) is 5.82 Å². The molecule has 36 heavy (non-hydrogen) atoms. The van der Waals surface area contributed by atoms with Crippen LogP contribution in [-0.4, -0.2) is 47.4 Å². The molecule has 2 unspecified atom stereocenters. The molecule has 2 heterocycles. The molecule has 7 heteroatoms. The molecule has 6 nitrogen and oxygen atoms in total. The number of rotatable bonds is 11. The van der Waals surface area contributed by atoms with E-state index in [9.17, 15) is 14.0 Å². The first-order valence-corrected chi connectivity index (χ1v) is 12.5. The van der Waals surface area contributed by atoms with Gasteiger partial charge in [-0.1, -0.05) is 49.4 Å². The standard InChI is InChI=1S/C29H33FN2O4/c1-2-27(23-8-4-3-5-9-23)29(34)32(20-26-11-7-17-36-26)21-28(33)31(19-25-10-6-16-35-25)18-22-12-14-24(30)15-13-22/h3-6,8-10,12-16,26-27H,2,7,11,17-21H2,1H3. The van der Waals surface area contributed by atoms with Crippen LogP contribution in [-0.2, 0) is 27.4 Å². The highest BCUT2D eigenvalue weighted by Crippen LogP contribution is 2.24. The third-order valence-electron chi connectivity index (χ3n) is 6.56. The Hall–Kier alpha value is -3.45. The lowest BCUT2D eigenvalue weighted by molar-refractivity contribution is -0.143. The molecule has 190 valence electrons. The molecule has 0 saturated carbocycles. The van der Waals surface area contributed by atoms with Crippen molar-refractivity contribution in [2.24, 2.45) is 0 Å². The van der Waals surface area contributed by atoms with Gasteiger partial charge in [0.2, 0.25) is 11.8 Å². The van der Waals surface area contributed by atoms with Gasteiger partial charge in [0.25, 0.3) is 0 Å². The minimum absolute atomic E-state index is 0.0655. The van der Waals surface area contributed by atoms with Crippen LogP contribution < -0.4 is 0 Å². The molecule has 1 aliphatic heterocycles. The van der Waals surface area contributed by atoms with Crippen molar-refractivity contribution in [2.45, 2.75) is 51.3 Å². The fourth-order valence-electron chi connectivity index (χ4n) is 4.62. The van der Waals surface area contributed by atoms with E-state index in [1.807, 2.05) is 43.3 Å². The Kier molecular flexibility index (Phi) is 8.90. The Balaban J connectivity index is 1.55. The highest BCUT2D eigenvalue weighted by Gasteiger charge is 2.31. The number of benzene rings is 2. The summed E-state index contributed by atoms with van der Waals surface area (Å²) in [5, 5.41) is 0. The van der Waals surface area contributed by atoms with E-state index in [2.05, 4.69) is 0 Å². The first-order chi connectivity index (χ1) is 17.5. The number of carbonyl (C=O) groups is 2. The van der Waals surface area contributed by atoms with Crippen molar-refractivity contribution in [1.29, 1.82) is 0 Å². The summed E-state index contributed by atoms with van der Waals surface area (Å²) in [5.74, 6) is -0.311. The van der Waals surface area contributed by atoms with E-state index < -0.39 is 0 Å². The zero-order valence-electron chi connectivity index (χ0n) is 20.6. The van der Waals surface area contributed by atoms with Gasteiger partial charge in [-0.05, 0) is 54.7 Å². The fraction of sp³-hybridized carbons (Fsp3) is 0.379. The van der Waals surface area contributed by atoms with Crippen LogP contribution >= 0.6 is 0 Å². The summed E-state index contributed by atoms with van der Waals surface area (Å²) in [4.78, 5) is 30.7. The number of hydrogen-bond donors (Lipinski definition) is 0. The molecule has 1 fully saturated rings. The number of ether oxygens (including phenoxy) is 1. The topological polar surface area (TPSA) is 63.0 Å². The smallest absolute Gasteiger partial charge is 0.242 e. The molecule has 2 aromatic carbocycles. The third-order valence-corrected chi connectivity index (χ3v) is 6.56. The number of hydrogen-bond acceptors (Lipinski definition) is 4. The van der Waals surface area contributed by atoms with Gasteiger partial charge in [0.1, 0.15) is 11.6 Å². The van der Waals surface area contributed by atoms with Crippen molar-refractivity contribution in [2.75, 3.05) is 19.7 Å². The molecular weight excluding hydrogens is 459 g/mol. The van der Waals surface area contributed by atoms with E-state index in [0.717, 1.165) is 24.0 Å². The predicted octanol–water partition coefficient (Wildman–Crippen LogP) is 5.15. The quantitative estimate of drug-likeness (QED) is 0.371. The molecule has 1 saturated heterocycles. The molecule has 0 spiro atoms. The second kappa shape index (κ2) is 12.5. The lowest BCUT2D eigenvalue weighted by atomic mass is 9.94. The molecule has 0 bridgehead atoms. The largest absolute Gasteiger partial charge is 0.467 e. The Morgan fingerprint density at radius 3 is 2.42 bits per heavy atom. The van der Waals surface area contributed by atoms with Gasteiger partial charge in [-0.2, -0.15) is 0 Å². The van der Waals surface area contributed by atoms with Crippen LogP contribution in [0.15, 0.2) is 77.4 Å². The second-order valence-electron chi connectivity index (χ2n) is 9.18. The molecule has 0 radical (unpaired) electrons. The van der Waals surface area contributed by atoms with E-state index >= 15 is 0 Å². The lowest BCUT2D eigenvalue weighted by Crippen LogP contribution is -2.46. The summed E-state index contributed by atoms with van der Waals surface area (Å²) >= 11 is 0. The van der Waals surface area contributed by atoms with E-state index in [-0.39, 0.29) is 49.3 Å². The Morgan fingerprint density at radius 2 is 1.78 bits per heavy atom. The molecular formula is C29H33FN2O4. The zero-order valence-corrected chi connectivity index (χ0v) is 20.6. The van der Waals surface area contributed by atoms with Gasteiger partial charge in [0.05, 0.1) is 31.4 Å². The third kappa shape index (κ3) is 6.82. The van der Waals surface area contributed by atoms with Gasteiger partial charge in [0.15, 0.2) is 0 Å². The molecule has 2 amide bonds. The summed E-state index contributed by atoms with van der Waals surface area (Å²) in [6, 6.07) is 19.3. The Labute approximate surface area is 211 Å². The summed E-state index contributed by atoms with van der Waals surface area (Å²) in [5.41, 5.74) is 1.73. The number of nitrogens with zero attached hydrogens (tertiary/aromatic N) is 2. The van der Waals surface area contributed by atoms with Crippen LogP contribution in [0.2, 0.25) is 0 Å². The maximum Gasteiger partial charge on any atom is 0.242 e. The normalized spacial score (nSPS) is 16.0. The van der Waals surface area contributed by atoms with Gasteiger partial charge in [-0.3, -0.25) is 9.59 Å². The van der Waals surface area contributed by atoms with Crippen LogP contribution in [0.4, 0.5) is 4.39 Å². The Morgan fingerprint density at radius 1 is 1.00 bits per heavy atom. The SMILES string of the molecule is CCC(C(=O)N(CC(=O)N(Cc1ccc(F)cc1)Cc1ccco1)CC1CCCO1)c1ccccc1. The first kappa shape index (κ1) is 25.6. The van der Waals surface area contributed by atoms with Gasteiger partial charge in [0, 0.05) is 19.7 Å². The first-order valence-electron chi connectivity index (χ1n) is 12.5. The van der Waals surface area contributed by atoms with Crippen molar-refractivity contribution >= 4 is 11.8 Å². The zero-order chi connectivity index (χ0) is 25.3. The Bertz CT molecular complexity index is 1100. The predicted molar refractivity (Wildman–Crippen MR) is 134 cm³/mol. The average Bonchev–Trinajstić information content (AvgIpc) is 3.60. The van der Waals surface area contributed by atoms with E-state index in [1.54, 1.807) is 34.3 Å². The van der Waals surface area contributed by atoms with Crippen molar-refractivity contribution in [3.63, 3.8) is 0 Å². The highest BCUT2D eigenvalue weighted by atomic mass is 19.1. The summed E-state index contributed by atoms with van der Waals surface area (Å²) in [6.45, 7) is 3.49. The molecule has 0 aliphatic carbocycles. The van der Waals surface area contributed by atoms with Gasteiger partial charge < -0.3 is 19.0 Å². The molecule has 1 aromatic heterocycles. The van der Waals surface area contributed by atoms with Crippen LogP contribution in [0.5, 0.6) is 0 Å². The van der Waals surface area contributed by atoms with Crippen LogP contribution in [0.25, 0.3) is 0 Å². The van der Waals surface area contributed by atoms with Crippen LogP contribution in [0.3, 0.4) is 0 Å². The highest BCUT2D eigenvalue weighted by molar-refractivity contribution is 5.88. The van der Waals surface area contributed by atoms with Gasteiger partial charge in [-0.25, -0.2) is 4.39 Å². The molecule has 2 atom stereocenters.